The third kappa shape index (κ3) is 3.36. The third-order valence-electron chi connectivity index (χ3n) is 7.49. The van der Waals surface area contributed by atoms with Crippen molar-refractivity contribution in [3.8, 4) is 11.1 Å². The van der Waals surface area contributed by atoms with Gasteiger partial charge in [0.1, 0.15) is 11.2 Å². The minimum Gasteiger partial charge on any atom is -0.455 e. The Balaban J connectivity index is 1.37. The number of ether oxygens (including phenoxy) is 1. The van der Waals surface area contributed by atoms with Crippen LogP contribution in [0, 0.1) is 17.8 Å². The maximum absolute atomic E-state index is 13.2. The zero-order valence-electron chi connectivity index (χ0n) is 17.4. The van der Waals surface area contributed by atoms with E-state index >= 15 is 0 Å². The number of hydrogen-bond donors (Lipinski definition) is 0. The summed E-state index contributed by atoms with van der Waals surface area (Å²) in [6.07, 6.45) is 6.66. The minimum absolute atomic E-state index is 0.203. The maximum atomic E-state index is 13.2. The highest BCUT2D eigenvalue weighted by Gasteiger charge is 2.53. The average Bonchev–Trinajstić information content (AvgIpc) is 2.74. The van der Waals surface area contributed by atoms with Gasteiger partial charge in [-0.2, -0.15) is 0 Å². The Labute approximate surface area is 195 Å². The predicted octanol–water partition coefficient (Wildman–Crippen LogP) is 6.89. The van der Waals surface area contributed by atoms with E-state index in [9.17, 15) is 9.59 Å². The van der Waals surface area contributed by atoms with Crippen molar-refractivity contribution in [1.29, 1.82) is 0 Å². The quantitative estimate of drug-likeness (QED) is 0.310. The highest BCUT2D eigenvalue weighted by Crippen LogP contribution is 2.57. The van der Waals surface area contributed by atoms with Gasteiger partial charge in [-0.1, -0.05) is 41.4 Å². The number of carbonyl (C=O) groups excluding carboxylic acids is 1. The summed E-state index contributed by atoms with van der Waals surface area (Å²) in [4.78, 5) is 25.9. The van der Waals surface area contributed by atoms with E-state index in [2.05, 4.69) is 0 Å². The lowest BCUT2D eigenvalue weighted by Gasteiger charge is -2.55. The molecule has 0 spiro atoms. The Morgan fingerprint density at radius 1 is 0.938 bits per heavy atom. The minimum atomic E-state index is -0.534. The van der Waals surface area contributed by atoms with Crippen LogP contribution in [-0.2, 0) is 4.74 Å². The first kappa shape index (κ1) is 20.3. The van der Waals surface area contributed by atoms with Gasteiger partial charge < -0.3 is 9.15 Å². The van der Waals surface area contributed by atoms with Crippen molar-refractivity contribution in [2.24, 2.45) is 17.8 Å². The molecule has 164 valence electrons. The molecule has 6 heteroatoms. The molecule has 4 bridgehead atoms. The van der Waals surface area contributed by atoms with Crippen LogP contribution in [0.3, 0.4) is 0 Å². The molecule has 2 aromatic carbocycles. The largest absolute Gasteiger partial charge is 0.455 e. The highest BCUT2D eigenvalue weighted by atomic mass is 35.5. The first-order valence-corrected chi connectivity index (χ1v) is 11.9. The molecular formula is C26H22Cl2O4. The van der Waals surface area contributed by atoms with Crippen molar-refractivity contribution in [1.82, 2.24) is 0 Å². The molecule has 0 radical (unpaired) electrons. The second-order valence-corrected chi connectivity index (χ2v) is 10.6. The van der Waals surface area contributed by atoms with Crippen LogP contribution in [0.5, 0.6) is 0 Å². The Morgan fingerprint density at radius 3 is 2.28 bits per heavy atom. The van der Waals surface area contributed by atoms with Crippen LogP contribution in [-0.4, -0.2) is 11.6 Å². The van der Waals surface area contributed by atoms with Crippen LogP contribution in [0.2, 0.25) is 10.0 Å². The van der Waals surface area contributed by atoms with Gasteiger partial charge in [0, 0.05) is 10.9 Å². The summed E-state index contributed by atoms with van der Waals surface area (Å²) in [5.74, 6) is 1.60. The number of carbonyl (C=O) groups is 1. The number of halogens is 2. The third-order valence-corrected chi connectivity index (χ3v) is 8.29. The van der Waals surface area contributed by atoms with Gasteiger partial charge in [0.05, 0.1) is 21.2 Å². The molecule has 0 saturated heterocycles. The number of hydrogen-bond acceptors (Lipinski definition) is 4. The van der Waals surface area contributed by atoms with Crippen LogP contribution in [0.25, 0.3) is 22.1 Å². The molecule has 0 unspecified atom stereocenters. The number of fused-ring (bicyclic) bond motifs is 1. The van der Waals surface area contributed by atoms with E-state index in [0.717, 1.165) is 24.6 Å². The topological polar surface area (TPSA) is 56.5 Å². The highest BCUT2D eigenvalue weighted by molar-refractivity contribution is 6.44. The van der Waals surface area contributed by atoms with Crippen LogP contribution >= 0.6 is 23.2 Å². The van der Waals surface area contributed by atoms with E-state index in [1.165, 1.54) is 25.3 Å². The van der Waals surface area contributed by atoms with E-state index in [4.69, 9.17) is 32.4 Å². The van der Waals surface area contributed by atoms with Gasteiger partial charge in [0.15, 0.2) is 0 Å². The molecule has 32 heavy (non-hydrogen) atoms. The van der Waals surface area contributed by atoms with Crippen LogP contribution in [0.1, 0.15) is 48.9 Å². The summed E-state index contributed by atoms with van der Waals surface area (Å²) in [5.41, 5.74) is 0.531. The van der Waals surface area contributed by atoms with Crippen molar-refractivity contribution < 1.29 is 13.9 Å². The zero-order chi connectivity index (χ0) is 22.0. The van der Waals surface area contributed by atoms with E-state index in [0.29, 0.717) is 34.5 Å². The molecule has 0 aliphatic heterocycles. The number of rotatable bonds is 3. The molecule has 0 amide bonds. The molecule has 4 fully saturated rings. The lowest BCUT2D eigenvalue weighted by atomic mass is 9.54. The summed E-state index contributed by atoms with van der Waals surface area (Å²) in [6.45, 7) is 0. The van der Waals surface area contributed by atoms with Gasteiger partial charge in [0.2, 0.25) is 0 Å². The summed E-state index contributed by atoms with van der Waals surface area (Å²) in [5, 5.41) is 1.17. The van der Waals surface area contributed by atoms with Crippen molar-refractivity contribution in [3.05, 3.63) is 68.5 Å². The van der Waals surface area contributed by atoms with E-state index < -0.39 is 11.6 Å². The summed E-state index contributed by atoms with van der Waals surface area (Å²) in [6, 6.07) is 12.1. The summed E-state index contributed by atoms with van der Waals surface area (Å²) < 4.78 is 11.6. The van der Waals surface area contributed by atoms with Gasteiger partial charge in [-0.05, 0) is 80.5 Å². The molecule has 0 N–H and O–H groups in total. The molecule has 4 saturated carbocycles. The lowest BCUT2D eigenvalue weighted by molar-refractivity contribution is -0.131. The zero-order valence-corrected chi connectivity index (χ0v) is 18.9. The fraction of sp³-hybridized carbons (Fsp3) is 0.385. The predicted molar refractivity (Wildman–Crippen MR) is 124 cm³/mol. The van der Waals surface area contributed by atoms with Crippen molar-refractivity contribution in [3.63, 3.8) is 0 Å². The Hall–Kier alpha value is -2.30. The Morgan fingerprint density at radius 2 is 1.59 bits per heavy atom. The molecule has 7 rings (SSSR count). The number of benzene rings is 2. The SMILES string of the molecule is O=C(OC12CC3CC(CC(C3)C1)C2)c1cc(Cl)c(Cl)c(-c2cc3ccccc3oc2=O)c1. The molecule has 3 aromatic rings. The lowest BCUT2D eigenvalue weighted by Crippen LogP contribution is -2.52. The van der Waals surface area contributed by atoms with Gasteiger partial charge in [-0.25, -0.2) is 9.59 Å². The molecule has 1 heterocycles. The molecule has 4 aliphatic rings. The molecular weight excluding hydrogens is 447 g/mol. The standard InChI is InChI=1S/C26H22Cl2O4/c27-21-10-18(24(29)32-26-11-14-5-15(12-26)7-16(6-14)13-26)9-19(23(21)28)20-8-17-3-1-2-4-22(17)31-25(20)30/h1-4,8-10,14-16H,5-7,11-13H2. The fourth-order valence-electron chi connectivity index (χ4n) is 6.56. The van der Waals surface area contributed by atoms with Crippen LogP contribution < -0.4 is 5.63 Å². The van der Waals surface area contributed by atoms with Gasteiger partial charge in [0.25, 0.3) is 0 Å². The van der Waals surface area contributed by atoms with Crippen molar-refractivity contribution in [2.45, 2.75) is 44.1 Å². The Bertz CT molecular complexity index is 1270. The number of para-hydroxylation sites is 1. The summed E-state index contributed by atoms with van der Waals surface area (Å²) in [7, 11) is 0. The Kier molecular flexibility index (Phi) is 4.67. The number of esters is 1. The summed E-state index contributed by atoms with van der Waals surface area (Å²) >= 11 is 12.8. The first-order valence-electron chi connectivity index (χ1n) is 11.1. The normalized spacial score (nSPS) is 28.2. The maximum Gasteiger partial charge on any atom is 0.344 e. The van der Waals surface area contributed by atoms with Gasteiger partial charge >= 0.3 is 11.6 Å². The molecule has 1 aromatic heterocycles. The van der Waals surface area contributed by atoms with Crippen molar-refractivity contribution in [2.75, 3.05) is 0 Å². The van der Waals surface area contributed by atoms with E-state index in [1.807, 2.05) is 12.1 Å². The molecule has 4 aliphatic carbocycles. The van der Waals surface area contributed by atoms with Crippen LogP contribution in [0.15, 0.2) is 51.7 Å². The average molecular weight is 469 g/mol. The van der Waals surface area contributed by atoms with Crippen LogP contribution in [0.4, 0.5) is 0 Å². The smallest absolute Gasteiger partial charge is 0.344 e. The fourth-order valence-corrected chi connectivity index (χ4v) is 6.99. The first-order chi connectivity index (χ1) is 15.4. The van der Waals surface area contributed by atoms with E-state index in [1.54, 1.807) is 24.3 Å². The van der Waals surface area contributed by atoms with Crippen molar-refractivity contribution >= 4 is 40.1 Å². The monoisotopic (exact) mass is 468 g/mol. The second kappa shape index (κ2) is 7.36. The second-order valence-electron chi connectivity index (χ2n) is 9.80. The van der Waals surface area contributed by atoms with Gasteiger partial charge in [-0.3, -0.25) is 0 Å². The van der Waals surface area contributed by atoms with Gasteiger partial charge in [-0.15, -0.1) is 0 Å². The van der Waals surface area contributed by atoms with E-state index in [-0.39, 0.29) is 21.2 Å². The molecule has 0 atom stereocenters. The molecule has 4 nitrogen and oxygen atoms in total.